The highest BCUT2D eigenvalue weighted by molar-refractivity contribution is 6.01. The molecular formula is C25H34N2O2. The third-order valence-corrected chi connectivity index (χ3v) is 6.77. The van der Waals surface area contributed by atoms with Gasteiger partial charge in [0.1, 0.15) is 5.75 Å². The van der Waals surface area contributed by atoms with Crippen molar-refractivity contribution >= 4 is 16.6 Å². The van der Waals surface area contributed by atoms with Gasteiger partial charge in [0.15, 0.2) is 5.78 Å². The first-order valence-corrected chi connectivity index (χ1v) is 11.3. The molecule has 0 bridgehead atoms. The summed E-state index contributed by atoms with van der Waals surface area (Å²) < 4.78 is 5.31. The lowest BCUT2D eigenvalue weighted by Crippen LogP contribution is -2.49. The number of Topliss-reactive ketones (excluding diaryl/α,β-unsaturated/α-hetero) is 1. The summed E-state index contributed by atoms with van der Waals surface area (Å²) in [5.41, 5.74) is 0.854. The maximum Gasteiger partial charge on any atom is 0.167 e. The highest BCUT2D eigenvalue weighted by atomic mass is 16.5. The van der Waals surface area contributed by atoms with Crippen molar-refractivity contribution < 1.29 is 9.53 Å². The van der Waals surface area contributed by atoms with Crippen molar-refractivity contribution in [1.82, 2.24) is 9.80 Å². The fourth-order valence-corrected chi connectivity index (χ4v) is 5.12. The topological polar surface area (TPSA) is 32.8 Å². The molecular weight excluding hydrogens is 360 g/mol. The number of rotatable bonds is 6. The average Bonchev–Trinajstić information content (AvgIpc) is 2.78. The zero-order chi connectivity index (χ0) is 20.2. The molecule has 29 heavy (non-hydrogen) atoms. The van der Waals surface area contributed by atoms with E-state index in [0.717, 1.165) is 48.0 Å². The van der Waals surface area contributed by atoms with Crippen LogP contribution in [0, 0.1) is 5.92 Å². The van der Waals surface area contributed by atoms with Crippen LogP contribution >= 0.6 is 0 Å². The summed E-state index contributed by atoms with van der Waals surface area (Å²) in [6, 6.07) is 12.8. The van der Waals surface area contributed by atoms with Gasteiger partial charge in [-0.15, -0.1) is 0 Å². The predicted molar refractivity (Wildman–Crippen MR) is 119 cm³/mol. The molecule has 0 radical (unpaired) electrons. The minimum atomic E-state index is 0.133. The highest BCUT2D eigenvalue weighted by Gasteiger charge is 2.31. The molecule has 2 aromatic carbocycles. The van der Waals surface area contributed by atoms with Crippen LogP contribution in [0.4, 0.5) is 0 Å². The summed E-state index contributed by atoms with van der Waals surface area (Å²) in [5, 5.41) is 2.22. The van der Waals surface area contributed by atoms with Gasteiger partial charge in [0, 0.05) is 24.1 Å². The van der Waals surface area contributed by atoms with Crippen LogP contribution in [0.25, 0.3) is 10.8 Å². The molecule has 4 nitrogen and oxygen atoms in total. The number of piperidine rings is 2. The molecule has 0 N–H and O–H groups in total. The number of carbonyl (C=O) groups excluding carboxylic acids is 1. The van der Waals surface area contributed by atoms with Crippen LogP contribution in [0.3, 0.4) is 0 Å². The van der Waals surface area contributed by atoms with Gasteiger partial charge in [0.05, 0.1) is 7.11 Å². The smallest absolute Gasteiger partial charge is 0.167 e. The highest BCUT2D eigenvalue weighted by Crippen LogP contribution is 2.28. The molecule has 0 aromatic heterocycles. The van der Waals surface area contributed by atoms with E-state index < -0.39 is 0 Å². The Labute approximate surface area is 174 Å². The molecule has 156 valence electrons. The zero-order valence-electron chi connectivity index (χ0n) is 17.9. The molecule has 0 aliphatic carbocycles. The van der Waals surface area contributed by atoms with E-state index in [2.05, 4.69) is 28.9 Å². The van der Waals surface area contributed by atoms with Gasteiger partial charge in [0.2, 0.25) is 0 Å². The molecule has 2 aromatic rings. The van der Waals surface area contributed by atoms with Crippen molar-refractivity contribution in [1.29, 1.82) is 0 Å². The first-order chi connectivity index (χ1) is 14.2. The van der Waals surface area contributed by atoms with Crippen molar-refractivity contribution in [3.63, 3.8) is 0 Å². The van der Waals surface area contributed by atoms with Crippen LogP contribution < -0.4 is 4.74 Å². The van der Waals surface area contributed by atoms with Gasteiger partial charge in [-0.25, -0.2) is 0 Å². The van der Waals surface area contributed by atoms with Gasteiger partial charge in [0.25, 0.3) is 0 Å². The van der Waals surface area contributed by atoms with E-state index in [0.29, 0.717) is 11.8 Å². The molecule has 1 atom stereocenters. The Kier molecular flexibility index (Phi) is 6.51. The number of fused-ring (bicyclic) bond motifs is 1. The lowest BCUT2D eigenvalue weighted by atomic mass is 9.87. The number of hydrogen-bond acceptors (Lipinski definition) is 4. The quantitative estimate of drug-likeness (QED) is 0.670. The van der Waals surface area contributed by atoms with Crippen LogP contribution in [-0.2, 0) is 0 Å². The maximum absolute atomic E-state index is 13.3. The second kappa shape index (κ2) is 9.27. The van der Waals surface area contributed by atoms with E-state index >= 15 is 0 Å². The van der Waals surface area contributed by atoms with E-state index in [1.54, 1.807) is 7.11 Å². The molecule has 2 saturated heterocycles. The van der Waals surface area contributed by atoms with Gasteiger partial charge in [-0.1, -0.05) is 25.1 Å². The van der Waals surface area contributed by atoms with Gasteiger partial charge >= 0.3 is 0 Å². The van der Waals surface area contributed by atoms with Crippen molar-refractivity contribution in [2.24, 2.45) is 5.92 Å². The van der Waals surface area contributed by atoms with Gasteiger partial charge < -0.3 is 9.64 Å². The number of benzene rings is 2. The molecule has 0 amide bonds. The lowest BCUT2D eigenvalue weighted by Gasteiger charge is -2.42. The molecule has 2 heterocycles. The normalized spacial score (nSPS) is 22.1. The molecule has 4 rings (SSSR count). The van der Waals surface area contributed by atoms with Crippen LogP contribution in [0.15, 0.2) is 36.4 Å². The standard InChI is InChI=1S/C25H34N2O2/c1-3-12-26-14-10-23(11-15-26)27-13-4-5-22(18-27)25(28)21-7-6-20-17-24(29-2)9-8-19(20)16-21/h6-9,16-17,22-23H,3-5,10-15,18H2,1-2H3/t22-/m0/s1. The van der Waals surface area contributed by atoms with E-state index in [1.165, 1.54) is 38.9 Å². The maximum atomic E-state index is 13.3. The molecule has 4 heteroatoms. The number of carbonyl (C=O) groups is 1. The summed E-state index contributed by atoms with van der Waals surface area (Å²) in [4.78, 5) is 18.5. The number of likely N-dealkylation sites (tertiary alicyclic amines) is 2. The third-order valence-electron chi connectivity index (χ3n) is 6.77. The first kappa shape index (κ1) is 20.4. The minimum Gasteiger partial charge on any atom is -0.497 e. The Balaban J connectivity index is 1.41. The molecule has 2 aliphatic rings. The summed E-state index contributed by atoms with van der Waals surface area (Å²) in [7, 11) is 1.68. The Morgan fingerprint density at radius 1 is 1.03 bits per heavy atom. The van der Waals surface area contributed by atoms with Crippen molar-refractivity contribution in [3.05, 3.63) is 42.0 Å². The lowest BCUT2D eigenvalue weighted by molar-refractivity contribution is 0.0597. The fourth-order valence-electron chi connectivity index (χ4n) is 5.12. The fraction of sp³-hybridized carbons (Fsp3) is 0.560. The first-order valence-electron chi connectivity index (χ1n) is 11.3. The number of hydrogen-bond donors (Lipinski definition) is 0. The Morgan fingerprint density at radius 2 is 1.79 bits per heavy atom. The molecule has 0 unspecified atom stereocenters. The monoisotopic (exact) mass is 394 g/mol. The SMILES string of the molecule is CCCN1CCC(N2CCC[C@H](C(=O)c3ccc4cc(OC)ccc4c3)C2)CC1. The molecule has 0 spiro atoms. The number of nitrogens with zero attached hydrogens (tertiary/aromatic N) is 2. The predicted octanol–water partition coefficient (Wildman–Crippen LogP) is 4.62. The van der Waals surface area contributed by atoms with E-state index in [9.17, 15) is 4.79 Å². The minimum absolute atomic E-state index is 0.133. The molecule has 2 aliphatic heterocycles. The average molecular weight is 395 g/mol. The summed E-state index contributed by atoms with van der Waals surface area (Å²) in [6.07, 6.45) is 5.89. The van der Waals surface area contributed by atoms with Crippen LogP contribution in [-0.4, -0.2) is 61.5 Å². The zero-order valence-corrected chi connectivity index (χ0v) is 17.9. The van der Waals surface area contributed by atoms with Crippen LogP contribution in [0.1, 0.15) is 49.4 Å². The van der Waals surface area contributed by atoms with Crippen LogP contribution in [0.5, 0.6) is 5.75 Å². The molecule has 2 fully saturated rings. The summed E-state index contributed by atoms with van der Waals surface area (Å²) in [5.74, 6) is 1.30. The van der Waals surface area contributed by atoms with E-state index in [1.807, 2.05) is 24.3 Å². The third kappa shape index (κ3) is 4.65. The second-order valence-electron chi connectivity index (χ2n) is 8.70. The Morgan fingerprint density at radius 3 is 2.55 bits per heavy atom. The summed E-state index contributed by atoms with van der Waals surface area (Å²) in [6.45, 7) is 7.99. The number of ketones is 1. The summed E-state index contributed by atoms with van der Waals surface area (Å²) >= 11 is 0. The largest absolute Gasteiger partial charge is 0.497 e. The number of methoxy groups -OCH3 is 1. The van der Waals surface area contributed by atoms with Crippen molar-refractivity contribution in [2.75, 3.05) is 39.8 Å². The number of ether oxygens (including phenoxy) is 1. The van der Waals surface area contributed by atoms with Gasteiger partial charge in [-0.3, -0.25) is 9.69 Å². The second-order valence-corrected chi connectivity index (χ2v) is 8.70. The van der Waals surface area contributed by atoms with E-state index in [-0.39, 0.29) is 5.92 Å². The Hall–Kier alpha value is -1.91. The van der Waals surface area contributed by atoms with Gasteiger partial charge in [-0.2, -0.15) is 0 Å². The van der Waals surface area contributed by atoms with Crippen molar-refractivity contribution in [2.45, 2.75) is 45.1 Å². The van der Waals surface area contributed by atoms with Gasteiger partial charge in [-0.05, 0) is 87.3 Å². The molecule has 0 saturated carbocycles. The van der Waals surface area contributed by atoms with Crippen LogP contribution in [0.2, 0.25) is 0 Å². The van der Waals surface area contributed by atoms with Crippen molar-refractivity contribution in [3.8, 4) is 5.75 Å². The van der Waals surface area contributed by atoms with E-state index in [4.69, 9.17) is 4.74 Å². The Bertz CT molecular complexity index is 842.